The number of carbonyl (C=O) groups excluding carboxylic acids is 2. The van der Waals surface area contributed by atoms with Crippen molar-refractivity contribution in [2.45, 2.75) is 40.5 Å². The van der Waals surface area contributed by atoms with Crippen molar-refractivity contribution in [2.75, 3.05) is 13.2 Å². The van der Waals surface area contributed by atoms with E-state index in [9.17, 15) is 49.2 Å². The van der Waals surface area contributed by atoms with Gasteiger partial charge in [0.1, 0.15) is 0 Å². The van der Waals surface area contributed by atoms with Crippen LogP contribution >= 0.6 is 0 Å². The lowest BCUT2D eigenvalue weighted by Crippen LogP contribution is -2.19. The Labute approximate surface area is 264 Å². The number of hydrogen-bond donors (Lipinski definition) is 4. The van der Waals surface area contributed by atoms with Gasteiger partial charge in [-0.3, -0.25) is 0 Å². The van der Waals surface area contributed by atoms with Crippen LogP contribution in [0.25, 0.3) is 22.3 Å². The van der Waals surface area contributed by atoms with Crippen molar-refractivity contribution in [3.63, 3.8) is 0 Å². The second-order valence-electron chi connectivity index (χ2n) is 11.2. The Morgan fingerprint density at radius 1 is 0.522 bits per heavy atom. The molecule has 0 saturated carbocycles. The van der Waals surface area contributed by atoms with Crippen LogP contribution in [-0.4, -0.2) is 69.5 Å². The number of hydrogen-bond acceptors (Lipinski definition) is 8. The van der Waals surface area contributed by atoms with Gasteiger partial charge in [0.2, 0.25) is 0 Å². The van der Waals surface area contributed by atoms with Gasteiger partial charge < -0.3 is 29.9 Å². The Bertz CT molecular complexity index is 1700. The molecule has 0 heterocycles. The molecule has 0 aromatic heterocycles. The van der Waals surface area contributed by atoms with Crippen molar-refractivity contribution < 1.29 is 58.7 Å². The predicted octanol–water partition coefficient (Wildman–Crippen LogP) is 6.22. The van der Waals surface area contributed by atoms with Crippen molar-refractivity contribution in [3.05, 3.63) is 81.9 Å². The molecule has 0 unspecified atom stereocenters. The first kappa shape index (κ1) is 35.0. The number of benzene rings is 3. The van der Waals surface area contributed by atoms with E-state index in [1.54, 1.807) is 0 Å². The highest BCUT2D eigenvalue weighted by Crippen LogP contribution is 2.42. The first-order chi connectivity index (χ1) is 21.7. The third-order valence-electron chi connectivity index (χ3n) is 7.06. The van der Waals surface area contributed by atoms with Crippen LogP contribution in [0, 0.1) is 11.8 Å². The van der Waals surface area contributed by atoms with Gasteiger partial charge in [-0.15, -0.1) is 0 Å². The summed E-state index contributed by atoms with van der Waals surface area (Å²) in [6.07, 6.45) is 0.909. The van der Waals surface area contributed by atoms with Gasteiger partial charge in [-0.25, -0.2) is 28.8 Å². The highest BCUT2D eigenvalue weighted by atomic mass is 16.5. The molecule has 4 N–H and O–H groups in total. The summed E-state index contributed by atoms with van der Waals surface area (Å²) in [5, 5.41) is 39.9. The quantitative estimate of drug-likeness (QED) is 0.146. The Kier molecular flexibility index (Phi) is 11.4. The van der Waals surface area contributed by atoms with E-state index in [1.165, 1.54) is 36.4 Å². The standard InChI is InChI=1S/C34H34O12/c1-17(2)13-15-45-33(43)24-12-11-20(19-7-5-9-22(29(35)36)26(19)31(39)40)25(28(24)34(44)46-16-14-18(3)4)21-8-6-10-23(30(37)38)27(21)32(41)42/h5-12,17-18H,13-16H2,1-4H3,(H,35,36)(H,37,38)(H,39,40)(H,41,42). The Hall–Kier alpha value is -5.52. The fraction of sp³-hybridized carbons (Fsp3) is 0.294. The van der Waals surface area contributed by atoms with Crippen molar-refractivity contribution in [3.8, 4) is 22.3 Å². The summed E-state index contributed by atoms with van der Waals surface area (Å²) < 4.78 is 11.0. The summed E-state index contributed by atoms with van der Waals surface area (Å²) in [6, 6.07) is 9.44. The van der Waals surface area contributed by atoms with E-state index >= 15 is 0 Å². The zero-order chi connectivity index (χ0) is 34.3. The van der Waals surface area contributed by atoms with Gasteiger partial charge in [0.25, 0.3) is 0 Å². The van der Waals surface area contributed by atoms with E-state index < -0.39 is 63.6 Å². The minimum Gasteiger partial charge on any atom is -0.478 e. The molecular formula is C34H34O12. The molecule has 3 aromatic carbocycles. The number of carbonyl (C=O) groups is 6. The van der Waals surface area contributed by atoms with Crippen LogP contribution in [0.4, 0.5) is 0 Å². The average Bonchev–Trinajstić information content (AvgIpc) is 2.98. The maximum absolute atomic E-state index is 13.9. The molecule has 3 aromatic rings. The molecule has 0 aliphatic heterocycles. The van der Waals surface area contributed by atoms with Gasteiger partial charge in [0.05, 0.1) is 46.6 Å². The summed E-state index contributed by atoms with van der Waals surface area (Å²) in [5.41, 5.74) is -4.66. The molecule has 0 atom stereocenters. The van der Waals surface area contributed by atoms with Gasteiger partial charge >= 0.3 is 35.8 Å². The average molecular weight is 635 g/mol. The predicted molar refractivity (Wildman–Crippen MR) is 165 cm³/mol. The molecule has 46 heavy (non-hydrogen) atoms. The van der Waals surface area contributed by atoms with Crippen LogP contribution in [0.15, 0.2) is 48.5 Å². The molecule has 0 spiro atoms. The normalized spacial score (nSPS) is 10.9. The third kappa shape index (κ3) is 7.76. The zero-order valence-electron chi connectivity index (χ0n) is 25.7. The lowest BCUT2D eigenvalue weighted by Gasteiger charge is -2.21. The van der Waals surface area contributed by atoms with Gasteiger partial charge in [-0.1, -0.05) is 58.0 Å². The summed E-state index contributed by atoms with van der Waals surface area (Å²) in [4.78, 5) is 76.6. The lowest BCUT2D eigenvalue weighted by molar-refractivity contribution is 0.0441. The van der Waals surface area contributed by atoms with Crippen molar-refractivity contribution in [1.82, 2.24) is 0 Å². The Balaban J connectivity index is 2.57. The molecule has 0 aliphatic carbocycles. The first-order valence-corrected chi connectivity index (χ1v) is 14.4. The Morgan fingerprint density at radius 2 is 0.978 bits per heavy atom. The minimum atomic E-state index is -1.69. The summed E-state index contributed by atoms with van der Waals surface area (Å²) >= 11 is 0. The van der Waals surface area contributed by atoms with E-state index in [0.29, 0.717) is 12.8 Å². The first-order valence-electron chi connectivity index (χ1n) is 14.4. The molecule has 3 rings (SSSR count). The summed E-state index contributed by atoms with van der Waals surface area (Å²) in [7, 11) is 0. The second-order valence-corrected chi connectivity index (χ2v) is 11.2. The molecule has 12 heteroatoms. The smallest absolute Gasteiger partial charge is 0.339 e. The Morgan fingerprint density at radius 3 is 1.43 bits per heavy atom. The molecular weight excluding hydrogens is 600 g/mol. The molecule has 0 saturated heterocycles. The third-order valence-corrected chi connectivity index (χ3v) is 7.06. The maximum Gasteiger partial charge on any atom is 0.339 e. The maximum atomic E-state index is 13.9. The molecule has 12 nitrogen and oxygen atoms in total. The van der Waals surface area contributed by atoms with Gasteiger partial charge in [-0.05, 0) is 59.6 Å². The van der Waals surface area contributed by atoms with Crippen LogP contribution in [0.5, 0.6) is 0 Å². The van der Waals surface area contributed by atoms with E-state index in [2.05, 4.69) is 0 Å². The van der Waals surface area contributed by atoms with Gasteiger partial charge in [0.15, 0.2) is 0 Å². The van der Waals surface area contributed by atoms with E-state index in [-0.39, 0.29) is 52.9 Å². The topological polar surface area (TPSA) is 202 Å². The summed E-state index contributed by atoms with van der Waals surface area (Å²) in [5.74, 6) is -8.29. The molecule has 0 radical (unpaired) electrons. The van der Waals surface area contributed by atoms with Gasteiger partial charge in [-0.2, -0.15) is 0 Å². The van der Waals surface area contributed by atoms with Crippen molar-refractivity contribution >= 4 is 35.8 Å². The number of aromatic carboxylic acids is 4. The van der Waals surface area contributed by atoms with Crippen molar-refractivity contribution in [1.29, 1.82) is 0 Å². The fourth-order valence-electron chi connectivity index (χ4n) is 4.77. The van der Waals surface area contributed by atoms with Crippen LogP contribution in [0.1, 0.15) is 103 Å². The zero-order valence-corrected chi connectivity index (χ0v) is 25.7. The summed E-state index contributed by atoms with van der Waals surface area (Å²) in [6.45, 7) is 7.47. The fourth-order valence-corrected chi connectivity index (χ4v) is 4.77. The van der Waals surface area contributed by atoms with Crippen LogP contribution < -0.4 is 0 Å². The largest absolute Gasteiger partial charge is 0.478 e. The number of ether oxygens (including phenoxy) is 2. The van der Waals surface area contributed by atoms with E-state index in [1.807, 2.05) is 27.7 Å². The number of rotatable bonds is 14. The monoisotopic (exact) mass is 634 g/mol. The van der Waals surface area contributed by atoms with Crippen LogP contribution in [-0.2, 0) is 9.47 Å². The van der Waals surface area contributed by atoms with Crippen molar-refractivity contribution in [2.24, 2.45) is 11.8 Å². The SMILES string of the molecule is CC(C)CCOC(=O)c1ccc(-c2cccc(C(=O)O)c2C(=O)O)c(-c2cccc(C(=O)O)c2C(=O)O)c1C(=O)OCCC(C)C. The highest BCUT2D eigenvalue weighted by molar-refractivity contribution is 6.16. The van der Waals surface area contributed by atoms with Gasteiger partial charge in [0, 0.05) is 5.56 Å². The second kappa shape index (κ2) is 15.0. The van der Waals surface area contributed by atoms with E-state index in [0.717, 1.165) is 12.1 Å². The minimum absolute atomic E-state index is 0.0197. The number of carboxylic acids is 4. The van der Waals surface area contributed by atoms with E-state index in [4.69, 9.17) is 9.47 Å². The molecule has 0 aliphatic rings. The molecule has 0 bridgehead atoms. The van der Waals surface area contributed by atoms with Crippen LogP contribution in [0.2, 0.25) is 0 Å². The van der Waals surface area contributed by atoms with Crippen LogP contribution in [0.3, 0.4) is 0 Å². The molecule has 0 amide bonds. The lowest BCUT2D eigenvalue weighted by atomic mass is 9.82. The molecule has 242 valence electrons. The number of carboxylic acid groups (broad SMARTS) is 4. The highest BCUT2D eigenvalue weighted by Gasteiger charge is 2.33. The molecule has 0 fully saturated rings. The number of esters is 2.